The second-order valence-corrected chi connectivity index (χ2v) is 6.01. The van der Waals surface area contributed by atoms with Crippen molar-refractivity contribution in [2.75, 3.05) is 11.9 Å². The highest BCUT2D eigenvalue weighted by Crippen LogP contribution is 2.35. The number of rotatable bonds is 2. The highest BCUT2D eigenvalue weighted by Gasteiger charge is 2.31. The van der Waals surface area contributed by atoms with E-state index in [4.69, 9.17) is 0 Å². The van der Waals surface area contributed by atoms with Crippen LogP contribution < -0.4 is 5.32 Å². The normalized spacial score (nSPS) is 15.7. The van der Waals surface area contributed by atoms with E-state index in [1.807, 2.05) is 6.07 Å². The third-order valence-corrected chi connectivity index (χ3v) is 3.79. The molecule has 1 aliphatic heterocycles. The van der Waals surface area contributed by atoms with Gasteiger partial charge >= 0.3 is 0 Å². The number of nitrogens with zero attached hydrogens (tertiary/aromatic N) is 1. The molecule has 5 heteroatoms. The smallest absolute Gasteiger partial charge is 0.161 e. The first-order valence-corrected chi connectivity index (χ1v) is 6.73. The summed E-state index contributed by atoms with van der Waals surface area (Å²) in [6, 6.07) is 3.36. The Balaban J connectivity index is 1.92. The van der Waals surface area contributed by atoms with Gasteiger partial charge in [0.1, 0.15) is 5.82 Å². The van der Waals surface area contributed by atoms with Gasteiger partial charge in [-0.3, -0.25) is 4.98 Å². The lowest BCUT2D eigenvalue weighted by molar-refractivity contribution is 0.491. The van der Waals surface area contributed by atoms with Gasteiger partial charge < -0.3 is 5.32 Å². The SMILES string of the molecule is CC1(C)CNc2cc(Cc3cc(F)c(F)cc3F)cnc21. The summed E-state index contributed by atoms with van der Waals surface area (Å²) in [6.45, 7) is 4.97. The summed E-state index contributed by atoms with van der Waals surface area (Å²) in [7, 11) is 0. The molecule has 1 aromatic carbocycles. The lowest BCUT2D eigenvalue weighted by Crippen LogP contribution is -2.20. The number of aromatic nitrogens is 1. The molecule has 0 aliphatic carbocycles. The molecule has 1 N–H and O–H groups in total. The van der Waals surface area contributed by atoms with E-state index in [0.717, 1.165) is 29.6 Å². The van der Waals surface area contributed by atoms with Crippen LogP contribution in [0, 0.1) is 17.5 Å². The first kappa shape index (κ1) is 13.9. The van der Waals surface area contributed by atoms with E-state index in [1.54, 1.807) is 6.20 Å². The quantitative estimate of drug-likeness (QED) is 0.852. The van der Waals surface area contributed by atoms with E-state index in [1.165, 1.54) is 0 Å². The van der Waals surface area contributed by atoms with Gasteiger partial charge in [-0.25, -0.2) is 13.2 Å². The molecule has 0 saturated heterocycles. The maximum absolute atomic E-state index is 13.7. The summed E-state index contributed by atoms with van der Waals surface area (Å²) in [5.74, 6) is -2.96. The number of anilines is 1. The Kier molecular flexibility index (Phi) is 3.15. The first-order chi connectivity index (χ1) is 9.87. The minimum Gasteiger partial charge on any atom is -0.383 e. The third-order valence-electron chi connectivity index (χ3n) is 3.79. The predicted molar refractivity (Wildman–Crippen MR) is 74.9 cm³/mol. The second-order valence-electron chi connectivity index (χ2n) is 6.01. The minimum absolute atomic E-state index is 0.0406. The number of nitrogens with one attached hydrogen (secondary N) is 1. The van der Waals surface area contributed by atoms with E-state index in [-0.39, 0.29) is 17.4 Å². The van der Waals surface area contributed by atoms with Crippen molar-refractivity contribution in [2.24, 2.45) is 0 Å². The molecule has 1 aliphatic rings. The zero-order chi connectivity index (χ0) is 15.2. The standard InChI is InChI=1S/C16H15F3N2/c1-16(2)8-21-14-4-9(7-20-15(14)16)3-10-5-12(18)13(19)6-11(10)17/h4-7,21H,3,8H2,1-2H3. The highest BCUT2D eigenvalue weighted by atomic mass is 19.2. The molecule has 2 aromatic rings. The van der Waals surface area contributed by atoms with Gasteiger partial charge in [0, 0.05) is 30.6 Å². The second kappa shape index (κ2) is 4.76. The molecule has 3 rings (SSSR count). The average Bonchev–Trinajstić information content (AvgIpc) is 2.72. The fourth-order valence-electron chi connectivity index (χ4n) is 2.60. The van der Waals surface area contributed by atoms with Crippen LogP contribution in [0.25, 0.3) is 0 Å². The maximum Gasteiger partial charge on any atom is 0.161 e. The van der Waals surface area contributed by atoms with Crippen molar-refractivity contribution >= 4 is 5.69 Å². The first-order valence-electron chi connectivity index (χ1n) is 6.73. The van der Waals surface area contributed by atoms with Crippen molar-refractivity contribution in [1.29, 1.82) is 0 Å². The fraction of sp³-hybridized carbons (Fsp3) is 0.312. The van der Waals surface area contributed by atoms with Crippen molar-refractivity contribution in [3.05, 3.63) is 58.7 Å². The minimum atomic E-state index is -1.17. The van der Waals surface area contributed by atoms with Gasteiger partial charge in [0.05, 0.1) is 11.4 Å². The van der Waals surface area contributed by atoms with Gasteiger partial charge in [0.15, 0.2) is 11.6 Å². The van der Waals surface area contributed by atoms with Gasteiger partial charge in [-0.15, -0.1) is 0 Å². The highest BCUT2D eigenvalue weighted by molar-refractivity contribution is 5.58. The van der Waals surface area contributed by atoms with Crippen molar-refractivity contribution in [2.45, 2.75) is 25.7 Å². The molecular formula is C16H15F3N2. The van der Waals surface area contributed by atoms with Crippen LogP contribution >= 0.6 is 0 Å². The number of benzene rings is 1. The number of fused-ring (bicyclic) bond motifs is 1. The van der Waals surface area contributed by atoms with Crippen LogP contribution in [-0.2, 0) is 11.8 Å². The topological polar surface area (TPSA) is 24.9 Å². The molecular weight excluding hydrogens is 277 g/mol. The zero-order valence-electron chi connectivity index (χ0n) is 11.8. The van der Waals surface area contributed by atoms with Gasteiger partial charge in [0.2, 0.25) is 0 Å². The van der Waals surface area contributed by atoms with E-state index in [0.29, 0.717) is 6.07 Å². The lowest BCUT2D eigenvalue weighted by atomic mass is 9.91. The third kappa shape index (κ3) is 2.48. The molecule has 0 fully saturated rings. The Morgan fingerprint density at radius 2 is 1.81 bits per heavy atom. The van der Waals surface area contributed by atoms with Gasteiger partial charge in [0.25, 0.3) is 0 Å². The van der Waals surface area contributed by atoms with Crippen LogP contribution in [0.15, 0.2) is 24.4 Å². The van der Waals surface area contributed by atoms with Gasteiger partial charge in [-0.05, 0) is 23.3 Å². The molecule has 0 bridgehead atoms. The molecule has 1 aromatic heterocycles. The molecule has 0 unspecified atom stereocenters. The van der Waals surface area contributed by atoms with Crippen LogP contribution in [0.3, 0.4) is 0 Å². The van der Waals surface area contributed by atoms with E-state index in [9.17, 15) is 13.2 Å². The Bertz CT molecular complexity index is 711. The molecule has 0 atom stereocenters. The fourth-order valence-corrected chi connectivity index (χ4v) is 2.60. The van der Waals surface area contributed by atoms with E-state index >= 15 is 0 Å². The summed E-state index contributed by atoms with van der Waals surface area (Å²) < 4.78 is 39.8. The predicted octanol–water partition coefficient (Wildman–Crippen LogP) is 3.79. The van der Waals surface area contributed by atoms with Crippen molar-refractivity contribution < 1.29 is 13.2 Å². The van der Waals surface area contributed by atoms with Crippen LogP contribution in [0.4, 0.5) is 18.9 Å². The summed E-state index contributed by atoms with van der Waals surface area (Å²) >= 11 is 0. The van der Waals surface area contributed by atoms with Gasteiger partial charge in [-0.1, -0.05) is 13.8 Å². The molecule has 110 valence electrons. The maximum atomic E-state index is 13.7. The molecule has 0 amide bonds. The molecule has 2 nitrogen and oxygen atoms in total. The van der Waals surface area contributed by atoms with Crippen molar-refractivity contribution in [3.63, 3.8) is 0 Å². The Labute approximate surface area is 121 Å². The van der Waals surface area contributed by atoms with Crippen molar-refractivity contribution in [3.8, 4) is 0 Å². The lowest BCUT2D eigenvalue weighted by Gasteiger charge is -2.15. The summed E-state index contributed by atoms with van der Waals surface area (Å²) in [4.78, 5) is 4.43. The average molecular weight is 292 g/mol. The van der Waals surface area contributed by atoms with Crippen LogP contribution in [-0.4, -0.2) is 11.5 Å². The number of hydrogen-bond acceptors (Lipinski definition) is 2. The summed E-state index contributed by atoms with van der Waals surface area (Å²) in [6.07, 6.45) is 1.83. The molecule has 0 spiro atoms. The number of pyridine rings is 1. The van der Waals surface area contributed by atoms with E-state index < -0.39 is 17.5 Å². The molecule has 21 heavy (non-hydrogen) atoms. The Morgan fingerprint density at radius 1 is 1.10 bits per heavy atom. The molecule has 2 heterocycles. The number of halogens is 3. The monoisotopic (exact) mass is 292 g/mol. The summed E-state index contributed by atoms with van der Waals surface area (Å²) in [5, 5.41) is 3.26. The number of hydrogen-bond donors (Lipinski definition) is 1. The summed E-state index contributed by atoms with van der Waals surface area (Å²) in [5.41, 5.74) is 2.72. The van der Waals surface area contributed by atoms with E-state index in [2.05, 4.69) is 24.1 Å². The van der Waals surface area contributed by atoms with Crippen LogP contribution in [0.1, 0.15) is 30.7 Å². The molecule has 0 saturated carbocycles. The van der Waals surface area contributed by atoms with Crippen LogP contribution in [0.2, 0.25) is 0 Å². The zero-order valence-corrected chi connectivity index (χ0v) is 11.8. The Hall–Kier alpha value is -2.04. The van der Waals surface area contributed by atoms with Crippen LogP contribution in [0.5, 0.6) is 0 Å². The molecule has 0 radical (unpaired) electrons. The van der Waals surface area contributed by atoms with Crippen molar-refractivity contribution in [1.82, 2.24) is 4.98 Å². The Morgan fingerprint density at radius 3 is 2.57 bits per heavy atom. The largest absolute Gasteiger partial charge is 0.383 e. The van der Waals surface area contributed by atoms with Gasteiger partial charge in [-0.2, -0.15) is 0 Å².